The first kappa shape index (κ1) is 22.5. The Kier molecular flexibility index (Phi) is 7.39. The van der Waals surface area contributed by atoms with Gasteiger partial charge in [0.2, 0.25) is 10.0 Å². The number of sulfonamides is 1. The molecule has 28 heavy (non-hydrogen) atoms. The van der Waals surface area contributed by atoms with Crippen LogP contribution in [0.25, 0.3) is 11.3 Å². The van der Waals surface area contributed by atoms with Gasteiger partial charge in [0.15, 0.2) is 4.80 Å². The van der Waals surface area contributed by atoms with Crippen molar-refractivity contribution in [2.45, 2.75) is 25.3 Å². The highest BCUT2D eigenvalue weighted by atomic mass is 79.9. The van der Waals surface area contributed by atoms with E-state index in [9.17, 15) is 8.42 Å². The summed E-state index contributed by atoms with van der Waals surface area (Å²) in [7, 11) is -0.394. The number of halogens is 1. The predicted molar refractivity (Wildman–Crippen MR) is 121 cm³/mol. The molecule has 0 spiro atoms. The molecule has 0 aliphatic carbocycles. The fourth-order valence-corrected chi connectivity index (χ4v) is 4.94. The Morgan fingerprint density at radius 1 is 1.11 bits per heavy atom. The summed E-state index contributed by atoms with van der Waals surface area (Å²) < 4.78 is 28.6. The van der Waals surface area contributed by atoms with Crippen molar-refractivity contribution in [2.75, 3.05) is 14.1 Å². The molecule has 1 heterocycles. The summed E-state index contributed by atoms with van der Waals surface area (Å²) in [6.45, 7) is 4.62. The highest BCUT2D eigenvalue weighted by Crippen LogP contribution is 2.27. The van der Waals surface area contributed by atoms with E-state index in [2.05, 4.69) is 11.5 Å². The van der Waals surface area contributed by atoms with Gasteiger partial charge >= 0.3 is 0 Å². The molecule has 5 nitrogen and oxygen atoms in total. The van der Waals surface area contributed by atoms with Crippen LogP contribution in [0.1, 0.15) is 12.5 Å². The minimum atomic E-state index is -3.50. The molecule has 0 aliphatic rings. The number of aromatic nitrogens is 1. The lowest BCUT2D eigenvalue weighted by atomic mass is 10.1. The van der Waals surface area contributed by atoms with Crippen molar-refractivity contribution in [3.8, 4) is 11.3 Å². The fourth-order valence-electron chi connectivity index (χ4n) is 2.80. The fraction of sp³-hybridized carbons (Fsp3) is 0.250. The van der Waals surface area contributed by atoms with Gasteiger partial charge in [-0.1, -0.05) is 30.3 Å². The Morgan fingerprint density at radius 3 is 2.39 bits per heavy atom. The topological polar surface area (TPSA) is 54.7 Å². The number of nitrogens with zero attached hydrogens (tertiary/aromatic N) is 3. The van der Waals surface area contributed by atoms with Gasteiger partial charge in [0.25, 0.3) is 0 Å². The van der Waals surface area contributed by atoms with E-state index in [-0.39, 0.29) is 17.0 Å². The van der Waals surface area contributed by atoms with Gasteiger partial charge in [-0.2, -0.15) is 0 Å². The number of thiazole rings is 1. The SMILES string of the molecule is Br.CCn1c(-c2ccc(C)c(S(=O)(=O)N(C)C)c2)cs/c1=N/c1ccccc1. The maximum atomic E-state index is 12.6. The zero-order valence-corrected chi connectivity index (χ0v) is 19.6. The van der Waals surface area contributed by atoms with Crippen LogP contribution in [0.4, 0.5) is 5.69 Å². The summed E-state index contributed by atoms with van der Waals surface area (Å²) in [5, 5.41) is 2.03. The molecule has 8 heteroatoms. The summed E-state index contributed by atoms with van der Waals surface area (Å²) in [6.07, 6.45) is 0. The van der Waals surface area contributed by atoms with E-state index in [0.29, 0.717) is 4.90 Å². The van der Waals surface area contributed by atoms with E-state index in [0.717, 1.165) is 33.9 Å². The molecule has 1 aromatic heterocycles. The average Bonchev–Trinajstić information content (AvgIpc) is 3.05. The van der Waals surface area contributed by atoms with E-state index in [1.165, 1.54) is 4.31 Å². The molecule has 0 radical (unpaired) electrons. The summed E-state index contributed by atoms with van der Waals surface area (Å²) in [6, 6.07) is 15.4. The maximum absolute atomic E-state index is 12.6. The minimum absolute atomic E-state index is 0. The van der Waals surface area contributed by atoms with E-state index < -0.39 is 10.0 Å². The van der Waals surface area contributed by atoms with Gasteiger partial charge < -0.3 is 4.57 Å². The molecule has 0 saturated carbocycles. The van der Waals surface area contributed by atoms with Gasteiger partial charge in [-0.25, -0.2) is 17.7 Å². The van der Waals surface area contributed by atoms with Crippen LogP contribution in [0, 0.1) is 6.92 Å². The van der Waals surface area contributed by atoms with Crippen molar-refractivity contribution in [2.24, 2.45) is 4.99 Å². The van der Waals surface area contributed by atoms with Gasteiger partial charge in [-0.15, -0.1) is 28.3 Å². The van der Waals surface area contributed by atoms with Crippen molar-refractivity contribution in [1.82, 2.24) is 8.87 Å². The highest BCUT2D eigenvalue weighted by molar-refractivity contribution is 8.93. The number of hydrogen-bond donors (Lipinski definition) is 0. The molecule has 150 valence electrons. The third kappa shape index (κ3) is 4.46. The Labute approximate surface area is 180 Å². The van der Waals surface area contributed by atoms with Crippen LogP contribution in [0.15, 0.2) is 63.8 Å². The second kappa shape index (κ2) is 9.17. The Hall–Kier alpha value is -1.74. The number of rotatable bonds is 5. The van der Waals surface area contributed by atoms with E-state index >= 15 is 0 Å². The van der Waals surface area contributed by atoms with Crippen LogP contribution in [-0.2, 0) is 16.6 Å². The predicted octanol–water partition coefficient (Wildman–Crippen LogP) is 4.61. The van der Waals surface area contributed by atoms with Crippen molar-refractivity contribution in [1.29, 1.82) is 0 Å². The number of hydrogen-bond acceptors (Lipinski definition) is 4. The summed E-state index contributed by atoms with van der Waals surface area (Å²) in [5.74, 6) is 0. The number of benzene rings is 2. The lowest BCUT2D eigenvalue weighted by molar-refractivity contribution is 0.520. The van der Waals surface area contributed by atoms with Crippen molar-refractivity contribution >= 4 is 44.0 Å². The summed E-state index contributed by atoms with van der Waals surface area (Å²) in [5.41, 5.74) is 3.47. The average molecular weight is 482 g/mol. The molecule has 0 bridgehead atoms. The first-order chi connectivity index (χ1) is 12.8. The molecule has 2 aromatic carbocycles. The third-order valence-corrected chi connectivity index (χ3v) is 7.16. The van der Waals surface area contributed by atoms with Gasteiger partial charge in [0.1, 0.15) is 0 Å². The molecule has 0 fully saturated rings. The van der Waals surface area contributed by atoms with Crippen LogP contribution in [0.5, 0.6) is 0 Å². The largest absolute Gasteiger partial charge is 0.317 e. The van der Waals surface area contributed by atoms with Gasteiger partial charge in [-0.05, 0) is 37.6 Å². The van der Waals surface area contributed by atoms with Gasteiger partial charge in [0, 0.05) is 31.6 Å². The minimum Gasteiger partial charge on any atom is -0.317 e. The normalized spacial score (nSPS) is 12.2. The first-order valence-electron chi connectivity index (χ1n) is 8.66. The number of para-hydroxylation sites is 1. The van der Waals surface area contributed by atoms with Crippen molar-refractivity contribution in [3.05, 3.63) is 64.3 Å². The Bertz CT molecular complexity index is 1120. The zero-order chi connectivity index (χ0) is 19.6. The highest BCUT2D eigenvalue weighted by Gasteiger charge is 2.21. The Morgan fingerprint density at radius 2 is 1.79 bits per heavy atom. The summed E-state index contributed by atoms with van der Waals surface area (Å²) in [4.78, 5) is 5.95. The molecule has 3 aromatic rings. The van der Waals surface area contributed by atoms with Crippen LogP contribution in [0.2, 0.25) is 0 Å². The second-order valence-corrected chi connectivity index (χ2v) is 9.32. The quantitative estimate of drug-likeness (QED) is 0.534. The van der Waals surface area contributed by atoms with Crippen LogP contribution >= 0.6 is 28.3 Å². The van der Waals surface area contributed by atoms with Gasteiger partial charge in [-0.3, -0.25) is 0 Å². The standard InChI is InChI=1S/C20H23N3O2S2.BrH/c1-5-23-18(14-26-20(23)21-17-9-7-6-8-10-17)16-12-11-15(2)19(13-16)27(24,25)22(3)4;/h6-14H,5H2,1-4H3;1H/b21-20+;. The molecule has 0 atom stereocenters. The summed E-state index contributed by atoms with van der Waals surface area (Å²) >= 11 is 1.55. The smallest absolute Gasteiger partial charge is 0.242 e. The molecule has 0 unspecified atom stereocenters. The third-order valence-electron chi connectivity index (χ3n) is 4.34. The molecule has 3 rings (SSSR count). The maximum Gasteiger partial charge on any atom is 0.242 e. The number of aryl methyl sites for hydroxylation is 1. The lowest BCUT2D eigenvalue weighted by Crippen LogP contribution is -2.23. The van der Waals surface area contributed by atoms with E-state index in [4.69, 9.17) is 4.99 Å². The monoisotopic (exact) mass is 481 g/mol. The second-order valence-electron chi connectivity index (χ2n) is 6.36. The van der Waals surface area contributed by atoms with E-state index in [1.54, 1.807) is 31.5 Å². The first-order valence-corrected chi connectivity index (χ1v) is 11.0. The van der Waals surface area contributed by atoms with Crippen LogP contribution < -0.4 is 4.80 Å². The van der Waals surface area contributed by atoms with Crippen LogP contribution in [0.3, 0.4) is 0 Å². The molecule has 0 amide bonds. The zero-order valence-electron chi connectivity index (χ0n) is 16.3. The molecular weight excluding hydrogens is 458 g/mol. The van der Waals surface area contributed by atoms with Crippen molar-refractivity contribution < 1.29 is 8.42 Å². The lowest BCUT2D eigenvalue weighted by Gasteiger charge is -2.15. The molecule has 0 N–H and O–H groups in total. The van der Waals surface area contributed by atoms with Crippen LogP contribution in [-0.4, -0.2) is 31.4 Å². The van der Waals surface area contributed by atoms with Crippen molar-refractivity contribution in [3.63, 3.8) is 0 Å². The van der Waals surface area contributed by atoms with E-state index in [1.807, 2.05) is 54.8 Å². The molecule has 0 aliphatic heterocycles. The molecular formula is C20H24BrN3O2S2. The molecule has 0 saturated heterocycles. The van der Waals surface area contributed by atoms with Gasteiger partial charge in [0.05, 0.1) is 16.3 Å². The Balaban J connectivity index is 0.00000280.